The zero-order valence-electron chi connectivity index (χ0n) is 11.9. The molecular weight excluding hydrogens is 258 g/mol. The smallest absolute Gasteiger partial charge is 0.0426 e. The number of piperidine rings is 1. The third-order valence-corrected chi connectivity index (χ3v) is 4.43. The number of nitrogens with zero attached hydrogens (tertiary/aromatic N) is 2. The highest BCUT2D eigenvalue weighted by atomic mass is 35.5. The van der Waals surface area contributed by atoms with Crippen molar-refractivity contribution >= 4 is 17.3 Å². The van der Waals surface area contributed by atoms with Crippen molar-refractivity contribution in [3.8, 4) is 0 Å². The molecule has 0 aromatic heterocycles. The van der Waals surface area contributed by atoms with Gasteiger partial charge in [-0.3, -0.25) is 0 Å². The molecule has 0 amide bonds. The van der Waals surface area contributed by atoms with Gasteiger partial charge in [0.25, 0.3) is 0 Å². The molecule has 2 N–H and O–H groups in total. The van der Waals surface area contributed by atoms with E-state index in [1.807, 2.05) is 18.2 Å². The van der Waals surface area contributed by atoms with Gasteiger partial charge in [-0.2, -0.15) is 0 Å². The van der Waals surface area contributed by atoms with E-state index in [4.69, 9.17) is 17.3 Å². The van der Waals surface area contributed by atoms with Crippen LogP contribution in [0.3, 0.4) is 0 Å². The molecule has 0 atom stereocenters. The third-order valence-electron chi connectivity index (χ3n) is 4.20. The van der Waals surface area contributed by atoms with Gasteiger partial charge in [-0.05, 0) is 37.1 Å². The minimum atomic E-state index is 0.560. The summed E-state index contributed by atoms with van der Waals surface area (Å²) in [6, 6.07) is 6.58. The standard InChI is InChI=1S/C15H24ClN3/c1-3-19-8-6-14(7-9-19)18(2)15-10-13(16)5-4-12(15)11-17/h4-5,10,14H,3,6-9,11,17H2,1-2H3. The Balaban J connectivity index is 2.11. The average molecular weight is 282 g/mol. The van der Waals surface area contributed by atoms with Gasteiger partial charge in [0.1, 0.15) is 0 Å². The Bertz CT molecular complexity index is 414. The number of halogens is 1. The molecule has 0 aliphatic carbocycles. The van der Waals surface area contributed by atoms with E-state index >= 15 is 0 Å². The zero-order valence-corrected chi connectivity index (χ0v) is 12.7. The highest BCUT2D eigenvalue weighted by molar-refractivity contribution is 6.30. The van der Waals surface area contributed by atoms with E-state index in [9.17, 15) is 0 Å². The quantitative estimate of drug-likeness (QED) is 0.921. The summed E-state index contributed by atoms with van der Waals surface area (Å²) in [4.78, 5) is 4.87. The Labute approximate surface area is 121 Å². The lowest BCUT2D eigenvalue weighted by atomic mass is 10.0. The number of rotatable bonds is 4. The molecule has 1 aliphatic rings. The number of benzene rings is 1. The molecule has 106 valence electrons. The highest BCUT2D eigenvalue weighted by Gasteiger charge is 2.23. The molecule has 1 saturated heterocycles. The van der Waals surface area contributed by atoms with E-state index in [0.717, 1.165) is 11.6 Å². The molecule has 1 aliphatic heterocycles. The van der Waals surface area contributed by atoms with Crippen LogP contribution >= 0.6 is 11.6 Å². The minimum Gasteiger partial charge on any atom is -0.371 e. The number of hydrogen-bond donors (Lipinski definition) is 1. The molecule has 0 unspecified atom stereocenters. The normalized spacial score (nSPS) is 17.7. The van der Waals surface area contributed by atoms with E-state index in [1.54, 1.807) is 0 Å². The maximum atomic E-state index is 6.13. The second-order valence-corrected chi connectivity index (χ2v) is 5.69. The minimum absolute atomic E-state index is 0.560. The second-order valence-electron chi connectivity index (χ2n) is 5.25. The summed E-state index contributed by atoms with van der Waals surface area (Å²) >= 11 is 6.13. The van der Waals surface area contributed by atoms with Crippen LogP contribution < -0.4 is 10.6 Å². The van der Waals surface area contributed by atoms with Crippen LogP contribution in [0.5, 0.6) is 0 Å². The van der Waals surface area contributed by atoms with Gasteiger partial charge in [-0.1, -0.05) is 24.6 Å². The highest BCUT2D eigenvalue weighted by Crippen LogP contribution is 2.28. The molecular formula is C15H24ClN3. The Kier molecular flexibility index (Phi) is 5.08. The van der Waals surface area contributed by atoms with E-state index < -0.39 is 0 Å². The Morgan fingerprint density at radius 1 is 1.37 bits per heavy atom. The van der Waals surface area contributed by atoms with E-state index in [1.165, 1.54) is 37.2 Å². The predicted octanol–water partition coefficient (Wildman–Crippen LogP) is 2.72. The molecule has 0 spiro atoms. The van der Waals surface area contributed by atoms with E-state index in [-0.39, 0.29) is 0 Å². The molecule has 3 nitrogen and oxygen atoms in total. The molecule has 1 aromatic rings. The number of likely N-dealkylation sites (tertiary alicyclic amines) is 1. The van der Waals surface area contributed by atoms with E-state index in [2.05, 4.69) is 23.8 Å². The Hall–Kier alpha value is -0.770. The van der Waals surface area contributed by atoms with Gasteiger partial charge in [0.05, 0.1) is 0 Å². The van der Waals surface area contributed by atoms with Gasteiger partial charge in [0.15, 0.2) is 0 Å². The van der Waals surface area contributed by atoms with Crippen molar-refractivity contribution in [2.45, 2.75) is 32.4 Å². The fourth-order valence-corrected chi connectivity index (χ4v) is 3.02. The Morgan fingerprint density at radius 3 is 2.63 bits per heavy atom. The van der Waals surface area contributed by atoms with Gasteiger partial charge in [-0.25, -0.2) is 0 Å². The largest absolute Gasteiger partial charge is 0.371 e. The maximum Gasteiger partial charge on any atom is 0.0426 e. The van der Waals surface area contributed by atoms with Crippen LogP contribution in [0, 0.1) is 0 Å². The van der Waals surface area contributed by atoms with Gasteiger partial charge in [0.2, 0.25) is 0 Å². The molecule has 4 heteroatoms. The number of hydrogen-bond acceptors (Lipinski definition) is 3. The summed E-state index contributed by atoms with van der Waals surface area (Å²) in [5.74, 6) is 0. The number of anilines is 1. The van der Waals surface area contributed by atoms with Gasteiger partial charge in [0, 0.05) is 43.4 Å². The fourth-order valence-electron chi connectivity index (χ4n) is 2.86. The molecule has 0 radical (unpaired) electrons. The summed E-state index contributed by atoms with van der Waals surface area (Å²) in [5.41, 5.74) is 8.19. The van der Waals surface area contributed by atoms with Gasteiger partial charge >= 0.3 is 0 Å². The lowest BCUT2D eigenvalue weighted by Crippen LogP contribution is -2.43. The lowest BCUT2D eigenvalue weighted by molar-refractivity contribution is 0.221. The molecule has 0 bridgehead atoms. The fraction of sp³-hybridized carbons (Fsp3) is 0.600. The zero-order chi connectivity index (χ0) is 13.8. The van der Waals surface area contributed by atoms with Crippen LogP contribution in [0.2, 0.25) is 5.02 Å². The third kappa shape index (κ3) is 3.41. The molecule has 1 aromatic carbocycles. The first kappa shape index (κ1) is 14.6. The first-order valence-electron chi connectivity index (χ1n) is 7.09. The van der Waals surface area contributed by atoms with Crippen LogP contribution in [-0.4, -0.2) is 37.6 Å². The van der Waals surface area contributed by atoms with Crippen molar-refractivity contribution in [2.75, 3.05) is 31.6 Å². The summed E-state index contributed by atoms with van der Waals surface area (Å²) in [5, 5.41) is 0.782. The van der Waals surface area contributed by atoms with Crippen LogP contribution in [-0.2, 0) is 6.54 Å². The average Bonchev–Trinajstić information content (AvgIpc) is 2.46. The first-order chi connectivity index (χ1) is 9.15. The molecule has 1 fully saturated rings. The molecule has 0 saturated carbocycles. The van der Waals surface area contributed by atoms with Crippen molar-refractivity contribution < 1.29 is 0 Å². The Morgan fingerprint density at radius 2 is 2.05 bits per heavy atom. The van der Waals surface area contributed by atoms with Crippen LogP contribution in [0.25, 0.3) is 0 Å². The van der Waals surface area contributed by atoms with Gasteiger partial charge in [-0.15, -0.1) is 0 Å². The molecule has 2 rings (SSSR count). The van der Waals surface area contributed by atoms with Crippen molar-refractivity contribution in [1.29, 1.82) is 0 Å². The molecule has 19 heavy (non-hydrogen) atoms. The van der Waals surface area contributed by atoms with E-state index in [0.29, 0.717) is 12.6 Å². The monoisotopic (exact) mass is 281 g/mol. The lowest BCUT2D eigenvalue weighted by Gasteiger charge is -2.38. The predicted molar refractivity (Wildman–Crippen MR) is 82.9 cm³/mol. The summed E-state index contributed by atoms with van der Waals surface area (Å²) in [6.07, 6.45) is 2.42. The van der Waals surface area contributed by atoms with Crippen LogP contribution in [0.1, 0.15) is 25.3 Å². The van der Waals surface area contributed by atoms with Crippen molar-refractivity contribution in [2.24, 2.45) is 5.73 Å². The second kappa shape index (κ2) is 6.60. The van der Waals surface area contributed by atoms with Crippen LogP contribution in [0.15, 0.2) is 18.2 Å². The summed E-state index contributed by atoms with van der Waals surface area (Å²) < 4.78 is 0. The number of nitrogens with two attached hydrogens (primary N) is 1. The van der Waals surface area contributed by atoms with Crippen molar-refractivity contribution in [3.05, 3.63) is 28.8 Å². The molecule has 1 heterocycles. The van der Waals surface area contributed by atoms with Crippen molar-refractivity contribution in [3.63, 3.8) is 0 Å². The summed E-state index contributed by atoms with van der Waals surface area (Å²) in [6.45, 7) is 6.31. The van der Waals surface area contributed by atoms with Crippen molar-refractivity contribution in [1.82, 2.24) is 4.90 Å². The SMILES string of the molecule is CCN1CCC(N(C)c2cc(Cl)ccc2CN)CC1. The first-order valence-corrected chi connectivity index (χ1v) is 7.47. The maximum absolute atomic E-state index is 6.13. The van der Waals surface area contributed by atoms with Crippen LogP contribution in [0.4, 0.5) is 5.69 Å². The van der Waals surface area contributed by atoms with Gasteiger partial charge < -0.3 is 15.5 Å². The topological polar surface area (TPSA) is 32.5 Å². The summed E-state index contributed by atoms with van der Waals surface area (Å²) in [7, 11) is 2.16.